The molecular formula is C18H30O4. The standard InChI is InChI=1S/C18H30O4/c1-14(13-21-18-8-4-6-10-20-18)11-16-12-15(2)17(22-16)7-3-5-9-19/h11-12,16-19H,3-10,13H2,1-2H3/b14-11+/t16-,17+,18?/m0/s1. The molecule has 0 amide bonds. The van der Waals surface area contributed by atoms with E-state index in [0.717, 1.165) is 38.7 Å². The molecule has 3 atom stereocenters. The minimum absolute atomic E-state index is 0.0369. The predicted octanol–water partition coefficient (Wildman–Crippen LogP) is 3.35. The third-order valence-electron chi connectivity index (χ3n) is 4.21. The second-order valence-corrected chi connectivity index (χ2v) is 6.34. The molecular weight excluding hydrogens is 280 g/mol. The molecule has 1 saturated heterocycles. The molecule has 0 spiro atoms. The first-order chi connectivity index (χ1) is 10.7. The van der Waals surface area contributed by atoms with E-state index in [1.807, 2.05) is 0 Å². The van der Waals surface area contributed by atoms with Gasteiger partial charge in [-0.15, -0.1) is 0 Å². The Bertz CT molecular complexity index is 383. The topological polar surface area (TPSA) is 47.9 Å². The van der Waals surface area contributed by atoms with E-state index >= 15 is 0 Å². The summed E-state index contributed by atoms with van der Waals surface area (Å²) in [4.78, 5) is 0. The van der Waals surface area contributed by atoms with Gasteiger partial charge in [0.1, 0.15) is 0 Å². The quantitative estimate of drug-likeness (QED) is 0.552. The Hall–Kier alpha value is -0.680. The first kappa shape index (κ1) is 17.7. The lowest BCUT2D eigenvalue weighted by Gasteiger charge is -2.23. The van der Waals surface area contributed by atoms with Gasteiger partial charge in [0.25, 0.3) is 0 Å². The van der Waals surface area contributed by atoms with Crippen molar-refractivity contribution in [3.05, 3.63) is 23.3 Å². The SMILES string of the molecule is CC1=C[C@H](/C=C(\C)COC2CCCCO2)O[C@@H]1CCCCO. The van der Waals surface area contributed by atoms with Gasteiger partial charge in [0.2, 0.25) is 0 Å². The van der Waals surface area contributed by atoms with Crippen LogP contribution in [-0.2, 0) is 14.2 Å². The molecule has 0 aliphatic carbocycles. The fourth-order valence-electron chi connectivity index (χ4n) is 2.92. The van der Waals surface area contributed by atoms with Gasteiger partial charge in [0.05, 0.1) is 18.8 Å². The van der Waals surface area contributed by atoms with Crippen molar-refractivity contribution in [2.75, 3.05) is 19.8 Å². The summed E-state index contributed by atoms with van der Waals surface area (Å²) in [5, 5.41) is 8.85. The van der Waals surface area contributed by atoms with Crippen LogP contribution in [0, 0.1) is 0 Å². The zero-order valence-electron chi connectivity index (χ0n) is 13.9. The third kappa shape index (κ3) is 5.84. The summed E-state index contributed by atoms with van der Waals surface area (Å²) in [6.07, 6.45) is 10.7. The van der Waals surface area contributed by atoms with E-state index in [2.05, 4.69) is 26.0 Å². The van der Waals surface area contributed by atoms with E-state index < -0.39 is 0 Å². The maximum Gasteiger partial charge on any atom is 0.158 e. The van der Waals surface area contributed by atoms with Crippen molar-refractivity contribution in [2.24, 2.45) is 0 Å². The van der Waals surface area contributed by atoms with Gasteiger partial charge < -0.3 is 19.3 Å². The van der Waals surface area contributed by atoms with Crippen molar-refractivity contribution in [3.8, 4) is 0 Å². The van der Waals surface area contributed by atoms with Gasteiger partial charge in [0.15, 0.2) is 6.29 Å². The maximum atomic E-state index is 8.85. The van der Waals surface area contributed by atoms with E-state index in [-0.39, 0.29) is 25.1 Å². The molecule has 4 nitrogen and oxygen atoms in total. The van der Waals surface area contributed by atoms with Gasteiger partial charge >= 0.3 is 0 Å². The number of hydrogen-bond donors (Lipinski definition) is 1. The largest absolute Gasteiger partial charge is 0.396 e. The summed E-state index contributed by atoms with van der Waals surface area (Å²) in [6, 6.07) is 0. The highest BCUT2D eigenvalue weighted by atomic mass is 16.7. The average Bonchev–Trinajstić information content (AvgIpc) is 2.86. The molecule has 1 N–H and O–H groups in total. The highest BCUT2D eigenvalue weighted by Crippen LogP contribution is 2.25. The summed E-state index contributed by atoms with van der Waals surface area (Å²) in [6.45, 7) is 5.88. The minimum Gasteiger partial charge on any atom is -0.396 e. The summed E-state index contributed by atoms with van der Waals surface area (Å²) in [5.41, 5.74) is 2.47. The van der Waals surface area contributed by atoms with Gasteiger partial charge in [-0.05, 0) is 63.5 Å². The third-order valence-corrected chi connectivity index (χ3v) is 4.21. The molecule has 2 aliphatic heterocycles. The molecule has 0 aromatic heterocycles. The van der Waals surface area contributed by atoms with Gasteiger partial charge in [0, 0.05) is 13.2 Å². The molecule has 4 heteroatoms. The smallest absolute Gasteiger partial charge is 0.158 e. The van der Waals surface area contributed by atoms with Gasteiger partial charge in [-0.1, -0.05) is 12.2 Å². The van der Waals surface area contributed by atoms with E-state index in [4.69, 9.17) is 19.3 Å². The molecule has 126 valence electrons. The molecule has 2 heterocycles. The number of ether oxygens (including phenoxy) is 3. The van der Waals surface area contributed by atoms with Gasteiger partial charge in [-0.25, -0.2) is 0 Å². The number of aliphatic hydroxyl groups excluding tert-OH is 1. The van der Waals surface area contributed by atoms with Crippen LogP contribution < -0.4 is 0 Å². The van der Waals surface area contributed by atoms with E-state index in [0.29, 0.717) is 6.61 Å². The highest BCUT2D eigenvalue weighted by Gasteiger charge is 2.22. The zero-order valence-corrected chi connectivity index (χ0v) is 13.9. The lowest BCUT2D eigenvalue weighted by molar-refractivity contribution is -0.156. The fraction of sp³-hybridized carbons (Fsp3) is 0.778. The van der Waals surface area contributed by atoms with Gasteiger partial charge in [-0.3, -0.25) is 0 Å². The molecule has 2 aliphatic rings. The predicted molar refractivity (Wildman–Crippen MR) is 86.7 cm³/mol. The lowest BCUT2D eigenvalue weighted by Crippen LogP contribution is -2.23. The fourth-order valence-corrected chi connectivity index (χ4v) is 2.92. The maximum absolute atomic E-state index is 8.85. The molecule has 22 heavy (non-hydrogen) atoms. The van der Waals surface area contributed by atoms with E-state index in [1.54, 1.807) is 0 Å². The van der Waals surface area contributed by atoms with Crippen molar-refractivity contribution in [1.29, 1.82) is 0 Å². The molecule has 0 bridgehead atoms. The molecule has 0 saturated carbocycles. The summed E-state index contributed by atoms with van der Waals surface area (Å²) in [7, 11) is 0. The molecule has 1 fully saturated rings. The molecule has 0 aromatic carbocycles. The molecule has 0 aromatic rings. The Morgan fingerprint density at radius 2 is 2.27 bits per heavy atom. The normalized spacial score (nSPS) is 29.7. The number of aliphatic hydroxyl groups is 1. The van der Waals surface area contributed by atoms with Crippen LogP contribution in [0.1, 0.15) is 52.4 Å². The molecule has 1 unspecified atom stereocenters. The average molecular weight is 310 g/mol. The van der Waals surface area contributed by atoms with Crippen molar-refractivity contribution in [1.82, 2.24) is 0 Å². The van der Waals surface area contributed by atoms with Crippen LogP contribution in [0.3, 0.4) is 0 Å². The van der Waals surface area contributed by atoms with Crippen molar-refractivity contribution >= 4 is 0 Å². The molecule has 0 radical (unpaired) electrons. The Morgan fingerprint density at radius 1 is 1.41 bits per heavy atom. The molecule has 2 rings (SSSR count). The Kier molecular flexibility index (Phi) is 7.60. The summed E-state index contributed by atoms with van der Waals surface area (Å²) in [5.74, 6) is 0. The van der Waals surface area contributed by atoms with Crippen LogP contribution >= 0.6 is 0 Å². The second kappa shape index (κ2) is 9.46. The minimum atomic E-state index is -0.0369. The second-order valence-electron chi connectivity index (χ2n) is 6.34. The van der Waals surface area contributed by atoms with Crippen LogP contribution in [0.2, 0.25) is 0 Å². The van der Waals surface area contributed by atoms with Crippen molar-refractivity contribution in [2.45, 2.75) is 70.9 Å². The van der Waals surface area contributed by atoms with Crippen LogP contribution in [0.25, 0.3) is 0 Å². The Balaban J connectivity index is 1.72. The first-order valence-electron chi connectivity index (χ1n) is 8.54. The number of hydrogen-bond acceptors (Lipinski definition) is 4. The summed E-state index contributed by atoms with van der Waals surface area (Å²) < 4.78 is 17.4. The van der Waals surface area contributed by atoms with E-state index in [1.165, 1.54) is 17.6 Å². The first-order valence-corrected chi connectivity index (χ1v) is 8.54. The van der Waals surface area contributed by atoms with Crippen LogP contribution in [0.5, 0.6) is 0 Å². The van der Waals surface area contributed by atoms with Crippen LogP contribution in [0.15, 0.2) is 23.3 Å². The number of rotatable bonds is 8. The zero-order chi connectivity index (χ0) is 15.8. The van der Waals surface area contributed by atoms with Crippen LogP contribution in [0.4, 0.5) is 0 Å². The van der Waals surface area contributed by atoms with Crippen LogP contribution in [-0.4, -0.2) is 43.4 Å². The van der Waals surface area contributed by atoms with E-state index in [9.17, 15) is 0 Å². The number of unbranched alkanes of at least 4 members (excludes halogenated alkanes) is 1. The lowest BCUT2D eigenvalue weighted by atomic mass is 10.1. The Morgan fingerprint density at radius 3 is 3.00 bits per heavy atom. The summed E-state index contributed by atoms with van der Waals surface area (Å²) >= 11 is 0. The van der Waals surface area contributed by atoms with Gasteiger partial charge in [-0.2, -0.15) is 0 Å². The highest BCUT2D eigenvalue weighted by molar-refractivity contribution is 5.20. The monoisotopic (exact) mass is 310 g/mol. The van der Waals surface area contributed by atoms with Crippen molar-refractivity contribution in [3.63, 3.8) is 0 Å². The van der Waals surface area contributed by atoms with Crippen molar-refractivity contribution < 1.29 is 19.3 Å². The Labute approximate surface area is 134 Å².